The summed E-state index contributed by atoms with van der Waals surface area (Å²) in [6, 6.07) is 5.11. The molecule has 1 amide bonds. The number of ether oxygens (including phenoxy) is 1. The van der Waals surface area contributed by atoms with Crippen LogP contribution in [0.15, 0.2) is 18.2 Å². The van der Waals surface area contributed by atoms with E-state index < -0.39 is 12.0 Å². The van der Waals surface area contributed by atoms with Gasteiger partial charge in [0.1, 0.15) is 11.8 Å². The fourth-order valence-electron chi connectivity index (χ4n) is 2.33. The molecule has 1 aromatic carbocycles. The number of benzene rings is 1. The number of aryl methyl sites for hydroxylation is 2. The van der Waals surface area contributed by atoms with Crippen molar-refractivity contribution < 1.29 is 19.4 Å². The molecule has 0 spiro atoms. The molecule has 114 valence electrons. The maximum absolute atomic E-state index is 11.8. The van der Waals surface area contributed by atoms with E-state index in [0.29, 0.717) is 0 Å². The Morgan fingerprint density at radius 1 is 1.33 bits per heavy atom. The van der Waals surface area contributed by atoms with Gasteiger partial charge in [0.25, 0.3) is 0 Å². The largest absolute Gasteiger partial charge is 0.493 e. The summed E-state index contributed by atoms with van der Waals surface area (Å²) in [5.74, 6) is -0.352. The van der Waals surface area contributed by atoms with Crippen molar-refractivity contribution in [3.8, 4) is 5.75 Å². The van der Waals surface area contributed by atoms with E-state index in [2.05, 4.69) is 5.32 Å². The number of hydrogen-bond donors (Lipinski definition) is 2. The minimum atomic E-state index is -0.957. The van der Waals surface area contributed by atoms with E-state index in [1.54, 1.807) is 0 Å². The van der Waals surface area contributed by atoms with Crippen molar-refractivity contribution in [2.75, 3.05) is 6.61 Å². The van der Waals surface area contributed by atoms with E-state index in [4.69, 9.17) is 9.84 Å². The Morgan fingerprint density at radius 3 is 2.48 bits per heavy atom. The zero-order valence-corrected chi connectivity index (χ0v) is 12.4. The first-order valence-corrected chi connectivity index (χ1v) is 7.20. The number of nitrogens with one attached hydrogen (secondary N) is 1. The SMILES string of the molecule is Cc1cccc(C)c1OCCC(=O)NC(C(=O)O)C1CC1. The van der Waals surface area contributed by atoms with E-state index >= 15 is 0 Å². The molecule has 1 atom stereocenters. The third kappa shape index (κ3) is 4.21. The molecule has 0 aliphatic heterocycles. The summed E-state index contributed by atoms with van der Waals surface area (Å²) in [6.07, 6.45) is 1.90. The van der Waals surface area contributed by atoms with Gasteiger partial charge < -0.3 is 15.2 Å². The van der Waals surface area contributed by atoms with Gasteiger partial charge in [0, 0.05) is 0 Å². The summed E-state index contributed by atoms with van der Waals surface area (Å²) in [7, 11) is 0. The van der Waals surface area contributed by atoms with Gasteiger partial charge >= 0.3 is 5.97 Å². The lowest BCUT2D eigenvalue weighted by Crippen LogP contribution is -2.42. The summed E-state index contributed by atoms with van der Waals surface area (Å²) in [5, 5.41) is 11.6. The molecule has 2 rings (SSSR count). The maximum atomic E-state index is 11.8. The molecule has 1 aromatic rings. The van der Waals surface area contributed by atoms with Crippen molar-refractivity contribution in [1.29, 1.82) is 0 Å². The second-order valence-electron chi connectivity index (χ2n) is 5.54. The summed E-state index contributed by atoms with van der Waals surface area (Å²) in [4.78, 5) is 22.9. The number of amides is 1. The molecule has 1 fully saturated rings. The van der Waals surface area contributed by atoms with Gasteiger partial charge in [0.05, 0.1) is 13.0 Å². The van der Waals surface area contributed by atoms with Gasteiger partial charge in [0.2, 0.25) is 5.91 Å². The first kappa shape index (κ1) is 15.4. The molecule has 0 aromatic heterocycles. The van der Waals surface area contributed by atoms with Crippen LogP contribution in [0.25, 0.3) is 0 Å². The lowest BCUT2D eigenvalue weighted by molar-refractivity contribution is -0.142. The van der Waals surface area contributed by atoms with E-state index in [-0.39, 0.29) is 24.9 Å². The summed E-state index contributed by atoms with van der Waals surface area (Å²) >= 11 is 0. The molecular formula is C16H21NO4. The smallest absolute Gasteiger partial charge is 0.326 e. The summed E-state index contributed by atoms with van der Waals surface area (Å²) in [5.41, 5.74) is 2.05. The Labute approximate surface area is 124 Å². The van der Waals surface area contributed by atoms with Crippen LogP contribution in [0.5, 0.6) is 5.75 Å². The first-order valence-electron chi connectivity index (χ1n) is 7.20. The van der Waals surface area contributed by atoms with Crippen molar-refractivity contribution in [3.63, 3.8) is 0 Å². The number of carboxylic acid groups (broad SMARTS) is 1. The Hall–Kier alpha value is -2.04. The number of aliphatic carboxylic acids is 1. The van der Waals surface area contributed by atoms with Gasteiger partial charge in [-0.1, -0.05) is 18.2 Å². The van der Waals surface area contributed by atoms with Gasteiger partial charge in [-0.05, 0) is 43.7 Å². The van der Waals surface area contributed by atoms with Gasteiger partial charge in [-0.2, -0.15) is 0 Å². The van der Waals surface area contributed by atoms with Crippen molar-refractivity contribution in [2.45, 2.75) is 39.2 Å². The predicted molar refractivity (Wildman–Crippen MR) is 78.3 cm³/mol. The highest BCUT2D eigenvalue weighted by atomic mass is 16.5. The van der Waals surface area contributed by atoms with Crippen LogP contribution in [-0.2, 0) is 9.59 Å². The number of rotatable bonds is 7. The van der Waals surface area contributed by atoms with Gasteiger partial charge in [0.15, 0.2) is 0 Å². The third-order valence-corrected chi connectivity index (χ3v) is 3.66. The standard InChI is InChI=1S/C16H21NO4/c1-10-4-3-5-11(2)15(10)21-9-8-13(18)17-14(16(19)20)12-6-7-12/h3-5,12,14H,6-9H2,1-2H3,(H,17,18)(H,19,20). The monoisotopic (exact) mass is 291 g/mol. The van der Waals surface area contributed by atoms with E-state index in [1.165, 1.54) is 0 Å². The average Bonchev–Trinajstić information content (AvgIpc) is 3.23. The predicted octanol–water partition coefficient (Wildman–Crippen LogP) is 2.05. The molecule has 0 heterocycles. The molecule has 0 saturated heterocycles. The molecule has 0 bridgehead atoms. The zero-order chi connectivity index (χ0) is 15.4. The van der Waals surface area contributed by atoms with Gasteiger partial charge in [-0.25, -0.2) is 4.79 Å². The number of carboxylic acids is 1. The molecule has 1 unspecified atom stereocenters. The zero-order valence-electron chi connectivity index (χ0n) is 12.4. The quantitative estimate of drug-likeness (QED) is 0.806. The molecule has 1 aliphatic carbocycles. The number of carbonyl (C=O) groups is 2. The second kappa shape index (κ2) is 6.61. The van der Waals surface area contributed by atoms with E-state index in [9.17, 15) is 9.59 Å². The number of para-hydroxylation sites is 1. The molecule has 1 aliphatic rings. The number of hydrogen-bond acceptors (Lipinski definition) is 3. The van der Waals surface area contributed by atoms with Crippen molar-refractivity contribution >= 4 is 11.9 Å². The van der Waals surface area contributed by atoms with Crippen LogP contribution in [0.4, 0.5) is 0 Å². The fourth-order valence-corrected chi connectivity index (χ4v) is 2.33. The molecule has 0 radical (unpaired) electrons. The highest BCUT2D eigenvalue weighted by Crippen LogP contribution is 2.32. The highest BCUT2D eigenvalue weighted by molar-refractivity contribution is 5.84. The van der Waals surface area contributed by atoms with Gasteiger partial charge in [-0.15, -0.1) is 0 Å². The van der Waals surface area contributed by atoms with Crippen LogP contribution in [0, 0.1) is 19.8 Å². The molecule has 21 heavy (non-hydrogen) atoms. The van der Waals surface area contributed by atoms with Crippen molar-refractivity contribution in [3.05, 3.63) is 29.3 Å². The molecule has 2 N–H and O–H groups in total. The Bertz CT molecular complexity index is 517. The average molecular weight is 291 g/mol. The Kier molecular flexibility index (Phi) is 4.83. The summed E-state index contributed by atoms with van der Waals surface area (Å²) in [6.45, 7) is 4.15. The van der Waals surface area contributed by atoms with Crippen LogP contribution < -0.4 is 10.1 Å². The van der Waals surface area contributed by atoms with Crippen molar-refractivity contribution in [2.24, 2.45) is 5.92 Å². The first-order chi connectivity index (χ1) is 9.99. The van der Waals surface area contributed by atoms with Crippen LogP contribution in [0.3, 0.4) is 0 Å². The molecular weight excluding hydrogens is 270 g/mol. The van der Waals surface area contributed by atoms with Gasteiger partial charge in [-0.3, -0.25) is 4.79 Å². The lowest BCUT2D eigenvalue weighted by Gasteiger charge is -2.15. The fraction of sp³-hybridized carbons (Fsp3) is 0.500. The van der Waals surface area contributed by atoms with E-state index in [0.717, 1.165) is 29.7 Å². The Balaban J connectivity index is 1.80. The molecule has 5 heteroatoms. The minimum Gasteiger partial charge on any atom is -0.493 e. The van der Waals surface area contributed by atoms with Crippen LogP contribution >= 0.6 is 0 Å². The third-order valence-electron chi connectivity index (χ3n) is 3.66. The highest BCUT2D eigenvalue weighted by Gasteiger charge is 2.37. The molecule has 1 saturated carbocycles. The second-order valence-corrected chi connectivity index (χ2v) is 5.54. The Morgan fingerprint density at radius 2 is 1.95 bits per heavy atom. The molecule has 5 nitrogen and oxygen atoms in total. The minimum absolute atomic E-state index is 0.0889. The normalized spacial score (nSPS) is 15.3. The maximum Gasteiger partial charge on any atom is 0.326 e. The topological polar surface area (TPSA) is 75.6 Å². The van der Waals surface area contributed by atoms with Crippen molar-refractivity contribution in [1.82, 2.24) is 5.32 Å². The van der Waals surface area contributed by atoms with Crippen LogP contribution in [0.2, 0.25) is 0 Å². The number of carbonyl (C=O) groups excluding carboxylic acids is 1. The van der Waals surface area contributed by atoms with Crippen LogP contribution in [0.1, 0.15) is 30.4 Å². The lowest BCUT2D eigenvalue weighted by atomic mass is 10.1. The van der Waals surface area contributed by atoms with E-state index in [1.807, 2.05) is 32.0 Å². The summed E-state index contributed by atoms with van der Waals surface area (Å²) < 4.78 is 5.65. The van der Waals surface area contributed by atoms with Crippen LogP contribution in [-0.4, -0.2) is 29.6 Å².